The molecule has 1 amide bonds. The summed E-state index contributed by atoms with van der Waals surface area (Å²) in [4.78, 5) is 20.7. The molecule has 0 saturated heterocycles. The number of halogens is 1. The zero-order valence-electron chi connectivity index (χ0n) is 15.7. The number of nitrogens with zero attached hydrogens (tertiary/aromatic N) is 2. The van der Waals surface area contributed by atoms with Gasteiger partial charge in [0.25, 0.3) is 5.91 Å². The number of rotatable bonds is 8. The standard InChI is InChI=1S/C22H22FN3O2/c1-2-3-12-28-20-10-6-17(7-11-20)22(27)24-14-19-13-21(26-15-25-19)16-4-8-18(23)9-5-16/h4-11,13,15H,2-3,12,14H2,1H3,(H,24,27). The lowest BCUT2D eigenvalue weighted by molar-refractivity contribution is 0.0950. The lowest BCUT2D eigenvalue weighted by Crippen LogP contribution is -2.23. The molecule has 0 fully saturated rings. The third-order valence-electron chi connectivity index (χ3n) is 4.18. The van der Waals surface area contributed by atoms with Gasteiger partial charge < -0.3 is 10.1 Å². The average molecular weight is 379 g/mol. The fraction of sp³-hybridized carbons (Fsp3) is 0.227. The number of hydrogen-bond donors (Lipinski definition) is 1. The molecule has 144 valence electrons. The summed E-state index contributed by atoms with van der Waals surface area (Å²) < 4.78 is 18.7. The molecule has 1 heterocycles. The molecule has 1 N–H and O–H groups in total. The van der Waals surface area contributed by atoms with Crippen molar-refractivity contribution in [2.45, 2.75) is 26.3 Å². The van der Waals surface area contributed by atoms with Crippen LogP contribution in [0.2, 0.25) is 0 Å². The van der Waals surface area contributed by atoms with Gasteiger partial charge in [0.1, 0.15) is 17.9 Å². The van der Waals surface area contributed by atoms with E-state index in [0.717, 1.165) is 24.2 Å². The van der Waals surface area contributed by atoms with Gasteiger partial charge in [-0.1, -0.05) is 13.3 Å². The van der Waals surface area contributed by atoms with Gasteiger partial charge in [-0.2, -0.15) is 0 Å². The molecule has 0 aliphatic carbocycles. The Morgan fingerprint density at radius 2 is 1.82 bits per heavy atom. The molecule has 28 heavy (non-hydrogen) atoms. The van der Waals surface area contributed by atoms with E-state index in [1.165, 1.54) is 18.5 Å². The summed E-state index contributed by atoms with van der Waals surface area (Å²) >= 11 is 0. The van der Waals surface area contributed by atoms with Crippen LogP contribution < -0.4 is 10.1 Å². The molecule has 0 spiro atoms. The Bertz CT molecular complexity index is 912. The molecule has 0 saturated carbocycles. The van der Waals surface area contributed by atoms with E-state index >= 15 is 0 Å². The SMILES string of the molecule is CCCCOc1ccc(C(=O)NCc2cc(-c3ccc(F)cc3)ncn2)cc1. The maximum Gasteiger partial charge on any atom is 0.251 e. The first-order valence-corrected chi connectivity index (χ1v) is 9.23. The van der Waals surface area contributed by atoms with Crippen LogP contribution in [-0.4, -0.2) is 22.5 Å². The number of benzene rings is 2. The fourth-order valence-electron chi connectivity index (χ4n) is 2.58. The van der Waals surface area contributed by atoms with Crippen LogP contribution in [-0.2, 0) is 6.54 Å². The predicted octanol–water partition coefficient (Wildman–Crippen LogP) is 4.39. The zero-order valence-corrected chi connectivity index (χ0v) is 15.7. The Balaban J connectivity index is 1.58. The maximum atomic E-state index is 13.1. The van der Waals surface area contributed by atoms with Gasteiger partial charge in [-0.05, 0) is 61.0 Å². The van der Waals surface area contributed by atoms with E-state index in [4.69, 9.17) is 4.74 Å². The normalized spacial score (nSPS) is 10.5. The van der Waals surface area contributed by atoms with Gasteiger partial charge in [-0.25, -0.2) is 14.4 Å². The molecular formula is C22H22FN3O2. The third-order valence-corrected chi connectivity index (χ3v) is 4.18. The second kappa shape index (κ2) is 9.60. The van der Waals surface area contributed by atoms with E-state index in [2.05, 4.69) is 22.2 Å². The van der Waals surface area contributed by atoms with Crippen molar-refractivity contribution in [2.75, 3.05) is 6.61 Å². The van der Waals surface area contributed by atoms with E-state index < -0.39 is 0 Å². The van der Waals surface area contributed by atoms with Crippen molar-refractivity contribution < 1.29 is 13.9 Å². The largest absolute Gasteiger partial charge is 0.494 e. The van der Waals surface area contributed by atoms with Gasteiger partial charge in [-0.15, -0.1) is 0 Å². The molecule has 1 aromatic heterocycles. The number of carbonyl (C=O) groups is 1. The van der Waals surface area contributed by atoms with Gasteiger partial charge in [0.05, 0.1) is 24.5 Å². The van der Waals surface area contributed by atoms with E-state index in [9.17, 15) is 9.18 Å². The summed E-state index contributed by atoms with van der Waals surface area (Å²) in [6.45, 7) is 3.05. The zero-order chi connectivity index (χ0) is 19.8. The average Bonchev–Trinajstić information content (AvgIpc) is 2.73. The van der Waals surface area contributed by atoms with Crippen LogP contribution in [0, 0.1) is 5.82 Å². The lowest BCUT2D eigenvalue weighted by Gasteiger charge is -2.08. The molecule has 0 aliphatic heterocycles. The van der Waals surface area contributed by atoms with Crippen molar-refractivity contribution in [1.29, 1.82) is 0 Å². The molecule has 0 atom stereocenters. The van der Waals surface area contributed by atoms with E-state index in [1.807, 2.05) is 0 Å². The number of ether oxygens (including phenoxy) is 1. The highest BCUT2D eigenvalue weighted by Crippen LogP contribution is 2.17. The van der Waals surface area contributed by atoms with Gasteiger partial charge in [0.15, 0.2) is 0 Å². The minimum absolute atomic E-state index is 0.193. The number of aromatic nitrogens is 2. The third kappa shape index (κ3) is 5.36. The van der Waals surface area contributed by atoms with Crippen LogP contribution in [0.3, 0.4) is 0 Å². The topological polar surface area (TPSA) is 64.1 Å². The molecule has 0 bridgehead atoms. The van der Waals surface area contributed by atoms with Gasteiger partial charge in [-0.3, -0.25) is 4.79 Å². The van der Waals surface area contributed by atoms with Crippen LogP contribution in [0.1, 0.15) is 35.8 Å². The van der Waals surface area contributed by atoms with Crippen molar-refractivity contribution in [3.8, 4) is 17.0 Å². The second-order valence-corrected chi connectivity index (χ2v) is 6.31. The van der Waals surface area contributed by atoms with Crippen molar-refractivity contribution in [3.63, 3.8) is 0 Å². The van der Waals surface area contributed by atoms with Gasteiger partial charge >= 0.3 is 0 Å². The number of carbonyl (C=O) groups excluding carboxylic acids is 1. The Hall–Kier alpha value is -3.28. The smallest absolute Gasteiger partial charge is 0.251 e. The maximum absolute atomic E-state index is 13.1. The van der Waals surface area contributed by atoms with Crippen LogP contribution in [0.25, 0.3) is 11.3 Å². The Labute approximate surface area is 163 Å². The summed E-state index contributed by atoms with van der Waals surface area (Å²) in [5, 5.41) is 2.84. The predicted molar refractivity (Wildman–Crippen MR) is 105 cm³/mol. The monoisotopic (exact) mass is 379 g/mol. The fourth-order valence-corrected chi connectivity index (χ4v) is 2.58. The number of nitrogens with one attached hydrogen (secondary N) is 1. The molecule has 3 rings (SSSR count). The summed E-state index contributed by atoms with van der Waals surface area (Å²) in [5.41, 5.74) is 2.68. The lowest BCUT2D eigenvalue weighted by atomic mass is 10.1. The second-order valence-electron chi connectivity index (χ2n) is 6.31. The summed E-state index contributed by atoms with van der Waals surface area (Å²) in [7, 11) is 0. The quantitative estimate of drug-likeness (QED) is 0.590. The minimum atomic E-state index is -0.299. The molecular weight excluding hydrogens is 357 g/mol. The first kappa shape index (κ1) is 19.5. The van der Waals surface area contributed by atoms with E-state index in [-0.39, 0.29) is 18.3 Å². The molecule has 5 nitrogen and oxygen atoms in total. The molecule has 3 aromatic rings. The van der Waals surface area contributed by atoms with Crippen LogP contribution in [0.15, 0.2) is 60.9 Å². The Morgan fingerprint density at radius 3 is 2.54 bits per heavy atom. The van der Waals surface area contributed by atoms with E-state index in [0.29, 0.717) is 23.6 Å². The van der Waals surface area contributed by atoms with Gasteiger partial charge in [0, 0.05) is 11.1 Å². The molecule has 0 aliphatic rings. The van der Waals surface area contributed by atoms with Crippen LogP contribution in [0.5, 0.6) is 5.75 Å². The molecule has 6 heteroatoms. The Morgan fingerprint density at radius 1 is 1.07 bits per heavy atom. The molecule has 0 unspecified atom stereocenters. The first-order valence-electron chi connectivity index (χ1n) is 9.23. The van der Waals surface area contributed by atoms with Crippen LogP contribution in [0.4, 0.5) is 4.39 Å². The number of amides is 1. The highest BCUT2D eigenvalue weighted by Gasteiger charge is 2.08. The first-order chi connectivity index (χ1) is 13.7. The van der Waals surface area contributed by atoms with Crippen molar-refractivity contribution in [1.82, 2.24) is 15.3 Å². The van der Waals surface area contributed by atoms with Crippen LogP contribution >= 0.6 is 0 Å². The summed E-state index contributed by atoms with van der Waals surface area (Å²) in [6.07, 6.45) is 3.51. The van der Waals surface area contributed by atoms with Crippen molar-refractivity contribution in [2.24, 2.45) is 0 Å². The number of hydrogen-bond acceptors (Lipinski definition) is 4. The highest BCUT2D eigenvalue weighted by atomic mass is 19.1. The molecule has 0 radical (unpaired) electrons. The summed E-state index contributed by atoms with van der Waals surface area (Å²) in [5.74, 6) is 0.263. The number of unbranched alkanes of at least 4 members (excludes halogenated alkanes) is 1. The summed E-state index contributed by atoms with van der Waals surface area (Å²) in [6, 6.07) is 14.9. The van der Waals surface area contributed by atoms with Gasteiger partial charge in [0.2, 0.25) is 0 Å². The highest BCUT2D eigenvalue weighted by molar-refractivity contribution is 5.94. The van der Waals surface area contributed by atoms with E-state index in [1.54, 1.807) is 42.5 Å². The minimum Gasteiger partial charge on any atom is -0.494 e. The molecule has 2 aromatic carbocycles. The van der Waals surface area contributed by atoms with Crippen molar-refractivity contribution in [3.05, 3.63) is 78.0 Å². The Kier molecular flexibility index (Phi) is 6.68. The van der Waals surface area contributed by atoms with Crippen molar-refractivity contribution >= 4 is 5.91 Å².